The summed E-state index contributed by atoms with van der Waals surface area (Å²) < 4.78 is 18.5. The SMILES string of the molecule is COc1ccc(-c2nc(CSc3nnc(-c4ccco4)n3CC(C)C)cs2)c(OC)c1. The number of thiazole rings is 1. The molecule has 0 aliphatic carbocycles. The highest BCUT2D eigenvalue weighted by atomic mass is 32.2. The Labute approximate surface area is 189 Å². The topological polar surface area (TPSA) is 75.2 Å². The van der Waals surface area contributed by atoms with Crippen molar-refractivity contribution in [1.29, 1.82) is 0 Å². The van der Waals surface area contributed by atoms with E-state index in [2.05, 4.69) is 34.0 Å². The Kier molecular flexibility index (Phi) is 6.62. The van der Waals surface area contributed by atoms with Crippen molar-refractivity contribution in [2.24, 2.45) is 5.92 Å². The molecule has 7 nitrogen and oxygen atoms in total. The van der Waals surface area contributed by atoms with Gasteiger partial charge < -0.3 is 13.9 Å². The Morgan fingerprint density at radius 2 is 2.03 bits per heavy atom. The Morgan fingerprint density at radius 1 is 1.16 bits per heavy atom. The molecule has 3 heterocycles. The van der Waals surface area contributed by atoms with E-state index in [0.717, 1.165) is 51.0 Å². The zero-order chi connectivity index (χ0) is 21.8. The zero-order valence-electron chi connectivity index (χ0n) is 17.9. The van der Waals surface area contributed by atoms with E-state index in [9.17, 15) is 0 Å². The number of thioether (sulfide) groups is 1. The van der Waals surface area contributed by atoms with E-state index in [1.54, 1.807) is 43.6 Å². The van der Waals surface area contributed by atoms with E-state index in [1.165, 1.54) is 0 Å². The minimum atomic E-state index is 0.456. The molecular weight excluding hydrogens is 432 g/mol. The molecule has 3 aromatic heterocycles. The van der Waals surface area contributed by atoms with E-state index < -0.39 is 0 Å². The molecule has 0 atom stereocenters. The van der Waals surface area contributed by atoms with Gasteiger partial charge in [-0.15, -0.1) is 21.5 Å². The van der Waals surface area contributed by atoms with Crippen LogP contribution in [0, 0.1) is 5.92 Å². The van der Waals surface area contributed by atoms with Gasteiger partial charge in [0, 0.05) is 23.7 Å². The predicted octanol–water partition coefficient (Wildman–Crippen LogP) is 5.63. The van der Waals surface area contributed by atoms with Crippen LogP contribution in [0.15, 0.2) is 51.5 Å². The fourth-order valence-corrected chi connectivity index (χ4v) is 4.92. The molecule has 0 N–H and O–H groups in total. The van der Waals surface area contributed by atoms with Gasteiger partial charge in [-0.3, -0.25) is 4.57 Å². The van der Waals surface area contributed by atoms with Crippen LogP contribution < -0.4 is 9.47 Å². The fraction of sp³-hybridized carbons (Fsp3) is 0.318. The number of hydrogen-bond acceptors (Lipinski definition) is 8. The number of aromatic nitrogens is 4. The van der Waals surface area contributed by atoms with E-state index in [4.69, 9.17) is 18.9 Å². The summed E-state index contributed by atoms with van der Waals surface area (Å²) in [4.78, 5) is 4.81. The van der Waals surface area contributed by atoms with Crippen molar-refractivity contribution in [3.05, 3.63) is 47.7 Å². The number of hydrogen-bond donors (Lipinski definition) is 0. The van der Waals surface area contributed by atoms with Crippen molar-refractivity contribution in [2.75, 3.05) is 14.2 Å². The van der Waals surface area contributed by atoms with Crippen LogP contribution in [0.1, 0.15) is 19.5 Å². The van der Waals surface area contributed by atoms with Crippen LogP contribution in [0.25, 0.3) is 22.2 Å². The zero-order valence-corrected chi connectivity index (χ0v) is 19.5. The lowest BCUT2D eigenvalue weighted by Crippen LogP contribution is -2.07. The highest BCUT2D eigenvalue weighted by molar-refractivity contribution is 7.98. The summed E-state index contributed by atoms with van der Waals surface area (Å²) >= 11 is 3.22. The lowest BCUT2D eigenvalue weighted by Gasteiger charge is -2.11. The maximum atomic E-state index is 5.54. The average Bonchev–Trinajstić information content (AvgIpc) is 3.52. The van der Waals surface area contributed by atoms with E-state index >= 15 is 0 Å². The van der Waals surface area contributed by atoms with Crippen molar-refractivity contribution in [2.45, 2.75) is 31.3 Å². The van der Waals surface area contributed by atoms with Gasteiger partial charge in [0.2, 0.25) is 0 Å². The van der Waals surface area contributed by atoms with E-state index in [1.807, 2.05) is 30.3 Å². The minimum absolute atomic E-state index is 0.456. The summed E-state index contributed by atoms with van der Waals surface area (Å²) in [5, 5.41) is 12.6. The van der Waals surface area contributed by atoms with Crippen LogP contribution in [0.5, 0.6) is 11.5 Å². The van der Waals surface area contributed by atoms with Crippen LogP contribution >= 0.6 is 23.1 Å². The van der Waals surface area contributed by atoms with Crippen molar-refractivity contribution in [3.63, 3.8) is 0 Å². The van der Waals surface area contributed by atoms with Gasteiger partial charge in [-0.25, -0.2) is 4.98 Å². The summed E-state index contributed by atoms with van der Waals surface area (Å²) in [7, 11) is 3.29. The molecule has 162 valence electrons. The van der Waals surface area contributed by atoms with Crippen molar-refractivity contribution in [1.82, 2.24) is 19.7 Å². The second-order valence-corrected chi connectivity index (χ2v) is 9.09. The summed E-state index contributed by atoms with van der Waals surface area (Å²) in [5.74, 6) is 4.13. The largest absolute Gasteiger partial charge is 0.497 e. The Bertz CT molecular complexity index is 1140. The molecule has 0 saturated carbocycles. The number of benzene rings is 1. The van der Waals surface area contributed by atoms with Crippen LogP contribution in [-0.4, -0.2) is 34.0 Å². The summed E-state index contributed by atoms with van der Waals surface area (Å²) in [5.41, 5.74) is 1.94. The highest BCUT2D eigenvalue weighted by Gasteiger charge is 2.18. The van der Waals surface area contributed by atoms with Crippen molar-refractivity contribution in [3.8, 4) is 33.7 Å². The number of ether oxygens (including phenoxy) is 2. The molecule has 31 heavy (non-hydrogen) atoms. The molecular formula is C22H24N4O3S2. The third-order valence-electron chi connectivity index (χ3n) is 4.55. The van der Waals surface area contributed by atoms with Gasteiger partial charge in [-0.1, -0.05) is 25.6 Å². The summed E-state index contributed by atoms with van der Waals surface area (Å²) in [6.07, 6.45) is 1.65. The number of furan rings is 1. The molecule has 0 bridgehead atoms. The van der Waals surface area contributed by atoms with Gasteiger partial charge in [0.1, 0.15) is 16.5 Å². The molecule has 9 heteroatoms. The summed E-state index contributed by atoms with van der Waals surface area (Å²) in [6.45, 7) is 5.17. The van der Waals surface area contributed by atoms with Gasteiger partial charge in [-0.05, 0) is 30.2 Å². The molecule has 0 saturated heterocycles. The quantitative estimate of drug-likeness (QED) is 0.302. The second kappa shape index (κ2) is 9.57. The first-order chi connectivity index (χ1) is 15.1. The van der Waals surface area contributed by atoms with Crippen LogP contribution in [0.4, 0.5) is 0 Å². The standard InChI is InChI=1S/C22H24N4O3S2/c1-14(2)11-26-20(18-6-5-9-29-18)24-25-22(26)31-13-15-12-30-21(23-15)17-8-7-16(27-3)10-19(17)28-4/h5-10,12,14H,11,13H2,1-4H3. The highest BCUT2D eigenvalue weighted by Crippen LogP contribution is 2.36. The molecule has 0 radical (unpaired) electrons. The third-order valence-corrected chi connectivity index (χ3v) is 6.47. The maximum Gasteiger partial charge on any atom is 0.200 e. The van der Waals surface area contributed by atoms with Gasteiger partial charge in [0.05, 0.1) is 31.7 Å². The maximum absolute atomic E-state index is 5.54. The van der Waals surface area contributed by atoms with Crippen LogP contribution in [-0.2, 0) is 12.3 Å². The van der Waals surface area contributed by atoms with Gasteiger partial charge in [-0.2, -0.15) is 0 Å². The molecule has 4 rings (SSSR count). The molecule has 0 fully saturated rings. The smallest absolute Gasteiger partial charge is 0.200 e. The lowest BCUT2D eigenvalue weighted by molar-refractivity contribution is 0.395. The first kappa shape index (κ1) is 21.5. The second-order valence-electron chi connectivity index (χ2n) is 7.29. The molecule has 0 unspecified atom stereocenters. The monoisotopic (exact) mass is 456 g/mol. The fourth-order valence-electron chi connectivity index (χ4n) is 3.12. The van der Waals surface area contributed by atoms with Crippen molar-refractivity contribution < 1.29 is 13.9 Å². The van der Waals surface area contributed by atoms with E-state index in [-0.39, 0.29) is 0 Å². The first-order valence-corrected chi connectivity index (χ1v) is 11.7. The third kappa shape index (κ3) is 4.77. The number of methoxy groups -OCH3 is 2. The molecule has 0 aliphatic rings. The van der Waals surface area contributed by atoms with Gasteiger partial charge >= 0.3 is 0 Å². The predicted molar refractivity (Wildman–Crippen MR) is 123 cm³/mol. The Balaban J connectivity index is 1.53. The van der Waals surface area contributed by atoms with Crippen molar-refractivity contribution >= 4 is 23.1 Å². The van der Waals surface area contributed by atoms with Crippen LogP contribution in [0.2, 0.25) is 0 Å². The normalized spacial score (nSPS) is 11.3. The number of nitrogens with zero attached hydrogens (tertiary/aromatic N) is 4. The van der Waals surface area contributed by atoms with Gasteiger partial charge in [0.15, 0.2) is 16.7 Å². The first-order valence-electron chi connectivity index (χ1n) is 9.85. The molecule has 0 spiro atoms. The minimum Gasteiger partial charge on any atom is -0.497 e. The molecule has 0 aliphatic heterocycles. The van der Waals surface area contributed by atoms with E-state index in [0.29, 0.717) is 11.7 Å². The Morgan fingerprint density at radius 3 is 2.74 bits per heavy atom. The number of rotatable bonds is 9. The van der Waals surface area contributed by atoms with Crippen LogP contribution in [0.3, 0.4) is 0 Å². The van der Waals surface area contributed by atoms with Gasteiger partial charge in [0.25, 0.3) is 0 Å². The lowest BCUT2D eigenvalue weighted by atomic mass is 10.2. The summed E-state index contributed by atoms with van der Waals surface area (Å²) in [6, 6.07) is 9.53. The molecule has 0 amide bonds. The Hall–Kier alpha value is -2.78. The average molecular weight is 457 g/mol. The molecule has 1 aromatic carbocycles. The molecule has 4 aromatic rings.